The molecular formula is C16H27ClN2S. The van der Waals surface area contributed by atoms with Crippen LogP contribution in [0.4, 0.5) is 0 Å². The van der Waals surface area contributed by atoms with Crippen molar-refractivity contribution in [2.75, 3.05) is 18.2 Å². The van der Waals surface area contributed by atoms with Gasteiger partial charge in [-0.15, -0.1) is 11.6 Å². The standard InChI is InChI=1S/C16H27ClN2S/c1-14-5-12-6-15(2,9-14)11-16(7-12,10-14)20-4-3-19-13(18)8-17/h12H,3-11H2,1-2H3,(H2,18,19)/t12?,14-,15-,16?/m0/s1. The maximum absolute atomic E-state index is 5.67. The third-order valence-electron chi connectivity index (χ3n) is 5.53. The Morgan fingerprint density at radius 3 is 2.40 bits per heavy atom. The lowest BCUT2D eigenvalue weighted by atomic mass is 9.45. The number of aliphatic imine (C=N–C) groups is 1. The van der Waals surface area contributed by atoms with E-state index in [1.165, 1.54) is 38.5 Å². The number of halogens is 1. The topological polar surface area (TPSA) is 38.4 Å². The summed E-state index contributed by atoms with van der Waals surface area (Å²) in [5.41, 5.74) is 6.89. The molecule has 20 heavy (non-hydrogen) atoms. The van der Waals surface area contributed by atoms with Gasteiger partial charge in [0.2, 0.25) is 0 Å². The Hall–Kier alpha value is 0.110. The summed E-state index contributed by atoms with van der Waals surface area (Å²) in [5.74, 6) is 3.01. The summed E-state index contributed by atoms with van der Waals surface area (Å²) in [7, 11) is 0. The van der Waals surface area contributed by atoms with Gasteiger partial charge in [-0.3, -0.25) is 4.99 Å². The van der Waals surface area contributed by atoms with Crippen molar-refractivity contribution < 1.29 is 0 Å². The minimum Gasteiger partial charge on any atom is -0.386 e. The second kappa shape index (κ2) is 5.08. The predicted octanol–water partition coefficient (Wildman–Crippen LogP) is 4.06. The largest absolute Gasteiger partial charge is 0.386 e. The van der Waals surface area contributed by atoms with Crippen molar-refractivity contribution in [3.05, 3.63) is 0 Å². The fraction of sp³-hybridized carbons (Fsp3) is 0.938. The van der Waals surface area contributed by atoms with Crippen LogP contribution in [0.25, 0.3) is 0 Å². The van der Waals surface area contributed by atoms with Crippen LogP contribution in [0.5, 0.6) is 0 Å². The quantitative estimate of drug-likeness (QED) is 0.359. The lowest BCUT2D eigenvalue weighted by Crippen LogP contribution is -2.57. The summed E-state index contributed by atoms with van der Waals surface area (Å²) in [6, 6.07) is 0. The molecule has 0 saturated heterocycles. The maximum atomic E-state index is 5.67. The predicted molar refractivity (Wildman–Crippen MR) is 89.8 cm³/mol. The van der Waals surface area contributed by atoms with E-state index in [-0.39, 0.29) is 0 Å². The number of nitrogens with zero attached hydrogens (tertiary/aromatic N) is 1. The van der Waals surface area contributed by atoms with Crippen LogP contribution in [0.3, 0.4) is 0 Å². The number of nitrogens with two attached hydrogens (primary N) is 1. The van der Waals surface area contributed by atoms with Crippen molar-refractivity contribution in [1.82, 2.24) is 0 Å². The molecular weight excluding hydrogens is 288 g/mol. The molecule has 4 aliphatic rings. The summed E-state index contributed by atoms with van der Waals surface area (Å²) in [6.45, 7) is 5.90. The monoisotopic (exact) mass is 314 g/mol. The molecule has 2 N–H and O–H groups in total. The summed E-state index contributed by atoms with van der Waals surface area (Å²) < 4.78 is 0.536. The van der Waals surface area contributed by atoms with Gasteiger partial charge in [-0.25, -0.2) is 0 Å². The molecule has 0 heterocycles. The zero-order valence-electron chi connectivity index (χ0n) is 12.8. The molecule has 0 unspecified atom stereocenters. The minimum atomic E-state index is 0.355. The van der Waals surface area contributed by atoms with Gasteiger partial charge in [0.15, 0.2) is 0 Å². The Morgan fingerprint density at radius 1 is 1.20 bits per heavy atom. The van der Waals surface area contributed by atoms with Gasteiger partial charge in [0, 0.05) is 10.5 Å². The van der Waals surface area contributed by atoms with Gasteiger partial charge in [-0.05, 0) is 55.3 Å². The Labute approximate surface area is 132 Å². The van der Waals surface area contributed by atoms with Crippen molar-refractivity contribution in [3.8, 4) is 0 Å². The number of thioether (sulfide) groups is 1. The second-order valence-electron chi connectivity index (χ2n) is 8.17. The van der Waals surface area contributed by atoms with Crippen LogP contribution in [-0.4, -0.2) is 28.8 Å². The van der Waals surface area contributed by atoms with Gasteiger partial charge >= 0.3 is 0 Å². The van der Waals surface area contributed by atoms with E-state index in [2.05, 4.69) is 30.6 Å². The number of alkyl halides is 1. The molecule has 114 valence electrons. The smallest absolute Gasteiger partial charge is 0.109 e. The highest BCUT2D eigenvalue weighted by Gasteiger charge is 2.60. The summed E-state index contributed by atoms with van der Waals surface area (Å²) in [5, 5.41) is 0. The van der Waals surface area contributed by atoms with Crippen LogP contribution < -0.4 is 5.73 Å². The normalized spacial score (nSPS) is 47.0. The molecule has 2 nitrogen and oxygen atoms in total. The molecule has 4 rings (SSSR count). The van der Waals surface area contributed by atoms with Gasteiger partial charge in [0.05, 0.1) is 12.4 Å². The average molecular weight is 315 g/mol. The maximum Gasteiger partial charge on any atom is 0.109 e. The van der Waals surface area contributed by atoms with Crippen LogP contribution in [0.15, 0.2) is 4.99 Å². The number of hydrogen-bond donors (Lipinski definition) is 1. The third kappa shape index (κ3) is 2.85. The first kappa shape index (κ1) is 15.0. The van der Waals surface area contributed by atoms with Crippen LogP contribution >= 0.6 is 23.4 Å². The highest BCUT2D eigenvalue weighted by atomic mass is 35.5. The molecule has 2 atom stereocenters. The first-order valence-corrected chi connectivity index (χ1v) is 9.37. The summed E-state index contributed by atoms with van der Waals surface area (Å²) in [6.07, 6.45) is 8.69. The Bertz CT molecular complexity index is 405. The van der Waals surface area contributed by atoms with E-state index in [0.29, 0.717) is 27.3 Å². The Morgan fingerprint density at radius 2 is 1.85 bits per heavy atom. The molecule has 4 bridgehead atoms. The fourth-order valence-electron chi connectivity index (χ4n) is 6.00. The molecule has 0 radical (unpaired) electrons. The lowest BCUT2D eigenvalue weighted by molar-refractivity contribution is -0.0777. The number of hydrogen-bond acceptors (Lipinski definition) is 2. The molecule has 0 spiro atoms. The van der Waals surface area contributed by atoms with E-state index in [1.54, 1.807) is 0 Å². The van der Waals surface area contributed by atoms with E-state index in [9.17, 15) is 0 Å². The second-order valence-corrected chi connectivity index (χ2v) is 10.00. The molecule has 0 amide bonds. The van der Waals surface area contributed by atoms with Crippen molar-refractivity contribution in [2.24, 2.45) is 27.5 Å². The highest BCUT2D eigenvalue weighted by Crippen LogP contribution is 2.69. The molecule has 4 aliphatic carbocycles. The SMILES string of the molecule is C[C@@]12CC3CC(SCCN=C(N)CCl)(C1)C[C@@](C)(C3)C2. The van der Waals surface area contributed by atoms with Crippen molar-refractivity contribution in [1.29, 1.82) is 0 Å². The van der Waals surface area contributed by atoms with Crippen molar-refractivity contribution in [2.45, 2.75) is 57.1 Å². The molecule has 0 aromatic carbocycles. The summed E-state index contributed by atoms with van der Waals surface area (Å²) in [4.78, 5) is 4.34. The first-order chi connectivity index (χ1) is 9.36. The molecule has 0 aromatic rings. The van der Waals surface area contributed by atoms with E-state index < -0.39 is 0 Å². The van der Waals surface area contributed by atoms with Crippen LogP contribution in [0.1, 0.15) is 52.4 Å². The lowest BCUT2D eigenvalue weighted by Gasteiger charge is -2.65. The average Bonchev–Trinajstić information content (AvgIpc) is 2.29. The minimum absolute atomic E-state index is 0.355. The molecule has 0 aliphatic heterocycles. The molecule has 4 saturated carbocycles. The van der Waals surface area contributed by atoms with Gasteiger partial charge < -0.3 is 5.73 Å². The molecule has 4 heteroatoms. The van der Waals surface area contributed by atoms with Crippen molar-refractivity contribution in [3.63, 3.8) is 0 Å². The highest BCUT2D eigenvalue weighted by molar-refractivity contribution is 8.00. The molecule has 0 aromatic heterocycles. The number of rotatable bonds is 5. The van der Waals surface area contributed by atoms with E-state index >= 15 is 0 Å². The van der Waals surface area contributed by atoms with E-state index in [0.717, 1.165) is 18.2 Å². The Kier molecular flexibility index (Phi) is 3.82. The Balaban J connectivity index is 1.64. The van der Waals surface area contributed by atoms with Gasteiger partial charge in [0.25, 0.3) is 0 Å². The number of amidine groups is 1. The van der Waals surface area contributed by atoms with E-state index in [4.69, 9.17) is 17.3 Å². The fourth-order valence-corrected chi connectivity index (χ4v) is 7.95. The van der Waals surface area contributed by atoms with Crippen LogP contribution in [0.2, 0.25) is 0 Å². The van der Waals surface area contributed by atoms with Gasteiger partial charge in [0.1, 0.15) is 5.84 Å². The zero-order chi connectivity index (χ0) is 14.4. The van der Waals surface area contributed by atoms with Crippen LogP contribution in [-0.2, 0) is 0 Å². The van der Waals surface area contributed by atoms with Gasteiger partial charge in [-0.1, -0.05) is 13.8 Å². The van der Waals surface area contributed by atoms with Crippen LogP contribution in [0, 0.1) is 16.7 Å². The first-order valence-electron chi connectivity index (χ1n) is 7.85. The van der Waals surface area contributed by atoms with E-state index in [1.807, 2.05) is 0 Å². The van der Waals surface area contributed by atoms with Gasteiger partial charge in [-0.2, -0.15) is 11.8 Å². The molecule has 4 fully saturated rings. The third-order valence-corrected chi connectivity index (χ3v) is 7.25. The zero-order valence-corrected chi connectivity index (χ0v) is 14.3. The summed E-state index contributed by atoms with van der Waals surface area (Å²) >= 11 is 7.84. The van der Waals surface area contributed by atoms with Crippen molar-refractivity contribution >= 4 is 29.2 Å².